The monoisotopic (exact) mass is 393 g/mol. The number of anilines is 1. The van der Waals surface area contributed by atoms with Crippen molar-refractivity contribution < 1.29 is 9.59 Å². The van der Waals surface area contributed by atoms with Crippen LogP contribution >= 0.6 is 0 Å². The van der Waals surface area contributed by atoms with Gasteiger partial charge in [-0.3, -0.25) is 23.5 Å². The third kappa shape index (κ3) is 3.42. The molecule has 2 N–H and O–H groups in total. The molecule has 2 heterocycles. The fourth-order valence-electron chi connectivity index (χ4n) is 3.05. The van der Waals surface area contributed by atoms with E-state index in [9.17, 15) is 19.2 Å². The van der Waals surface area contributed by atoms with Crippen molar-refractivity contribution in [3.05, 3.63) is 68.5 Å². The van der Waals surface area contributed by atoms with Gasteiger partial charge in [-0.25, -0.2) is 9.78 Å². The van der Waals surface area contributed by atoms with Crippen LogP contribution < -0.4 is 21.9 Å². The third-order valence-electron chi connectivity index (χ3n) is 4.87. The number of nitrogens with one attached hydrogen (secondary N) is 2. The molecule has 29 heavy (non-hydrogen) atoms. The maximum absolute atomic E-state index is 12.7. The zero-order chi connectivity index (χ0) is 20.7. The first-order valence-corrected chi connectivity index (χ1v) is 9.15. The summed E-state index contributed by atoms with van der Waals surface area (Å²) in [5.74, 6) is -0.799. The van der Waals surface area contributed by atoms with Crippen molar-refractivity contribution in [2.45, 2.75) is 18.9 Å². The second-order valence-electron chi connectivity index (χ2n) is 7.02. The Bertz CT molecular complexity index is 1270. The Labute approximate surface area is 165 Å². The lowest BCUT2D eigenvalue weighted by molar-refractivity contribution is 0.0952. The minimum atomic E-state index is -0.549. The van der Waals surface area contributed by atoms with E-state index in [1.54, 1.807) is 24.3 Å². The molecule has 0 aliphatic heterocycles. The number of hydrogen-bond acceptors (Lipinski definition) is 5. The Morgan fingerprint density at radius 2 is 1.72 bits per heavy atom. The summed E-state index contributed by atoms with van der Waals surface area (Å²) in [6.45, 7) is 0. The molecule has 9 heteroatoms. The summed E-state index contributed by atoms with van der Waals surface area (Å²) in [7, 11) is 2.87. The zero-order valence-electron chi connectivity index (χ0n) is 15.9. The summed E-state index contributed by atoms with van der Waals surface area (Å²) in [4.78, 5) is 53.7. The van der Waals surface area contributed by atoms with Crippen LogP contribution in [0.1, 0.15) is 33.7 Å². The molecule has 4 rings (SSSR count). The van der Waals surface area contributed by atoms with E-state index in [1.807, 2.05) is 0 Å². The summed E-state index contributed by atoms with van der Waals surface area (Å²) in [6.07, 6.45) is 1.92. The Morgan fingerprint density at radius 3 is 2.45 bits per heavy atom. The van der Waals surface area contributed by atoms with Gasteiger partial charge in [0.15, 0.2) is 0 Å². The molecule has 1 aromatic carbocycles. The number of aryl methyl sites for hydroxylation is 1. The number of para-hydroxylation sites is 1. The molecule has 0 radical (unpaired) electrons. The van der Waals surface area contributed by atoms with Crippen molar-refractivity contribution in [3.8, 4) is 0 Å². The molecule has 1 aliphatic rings. The van der Waals surface area contributed by atoms with E-state index < -0.39 is 17.2 Å². The van der Waals surface area contributed by atoms with Crippen molar-refractivity contribution >= 4 is 28.5 Å². The van der Waals surface area contributed by atoms with E-state index in [0.29, 0.717) is 11.3 Å². The van der Waals surface area contributed by atoms with Gasteiger partial charge < -0.3 is 10.6 Å². The second kappa shape index (κ2) is 7.01. The molecule has 0 saturated heterocycles. The normalized spacial score (nSPS) is 13.3. The number of carbonyl (C=O) groups excluding carboxylic acids is 2. The molecule has 3 aromatic rings. The number of carbonyl (C=O) groups is 2. The first kappa shape index (κ1) is 18.6. The van der Waals surface area contributed by atoms with Crippen molar-refractivity contribution in [3.63, 3.8) is 0 Å². The van der Waals surface area contributed by atoms with Gasteiger partial charge in [0.2, 0.25) is 0 Å². The molecule has 1 fully saturated rings. The van der Waals surface area contributed by atoms with E-state index in [0.717, 1.165) is 17.4 Å². The molecular weight excluding hydrogens is 374 g/mol. The van der Waals surface area contributed by atoms with Gasteiger partial charge in [0.25, 0.3) is 17.4 Å². The van der Waals surface area contributed by atoms with Crippen molar-refractivity contribution in [2.75, 3.05) is 5.32 Å². The number of fused-ring (bicyclic) bond motifs is 1. The van der Waals surface area contributed by atoms with Crippen LogP contribution in [0.4, 0.5) is 5.69 Å². The SMILES string of the molecule is Cn1c(=O)c2ccc(C(=O)Nc3ccccc3C(=O)NC3CC3)nc2n(C)c1=O. The average Bonchev–Trinajstić information content (AvgIpc) is 3.54. The molecule has 9 nitrogen and oxygen atoms in total. The maximum Gasteiger partial charge on any atom is 0.332 e. The molecule has 0 atom stereocenters. The number of pyridine rings is 1. The Balaban J connectivity index is 1.68. The Hall–Kier alpha value is -3.75. The van der Waals surface area contributed by atoms with E-state index >= 15 is 0 Å². The van der Waals surface area contributed by atoms with Crippen LogP contribution in [0.5, 0.6) is 0 Å². The van der Waals surface area contributed by atoms with Gasteiger partial charge >= 0.3 is 5.69 Å². The maximum atomic E-state index is 12.7. The minimum Gasteiger partial charge on any atom is -0.349 e. The number of amides is 2. The largest absolute Gasteiger partial charge is 0.349 e. The summed E-state index contributed by atoms with van der Waals surface area (Å²) < 4.78 is 2.20. The number of aromatic nitrogens is 3. The second-order valence-corrected chi connectivity index (χ2v) is 7.02. The number of rotatable bonds is 4. The van der Waals surface area contributed by atoms with Gasteiger partial charge in [0.1, 0.15) is 11.3 Å². The highest BCUT2D eigenvalue weighted by Crippen LogP contribution is 2.22. The highest BCUT2D eigenvalue weighted by Gasteiger charge is 2.25. The van der Waals surface area contributed by atoms with Gasteiger partial charge in [-0.15, -0.1) is 0 Å². The smallest absolute Gasteiger partial charge is 0.332 e. The predicted molar refractivity (Wildman–Crippen MR) is 107 cm³/mol. The number of benzene rings is 1. The van der Waals surface area contributed by atoms with Gasteiger partial charge in [0.05, 0.1) is 16.6 Å². The minimum absolute atomic E-state index is 0.0261. The molecular formula is C20H19N5O4. The van der Waals surface area contributed by atoms with Crippen molar-refractivity contribution in [1.29, 1.82) is 0 Å². The Morgan fingerprint density at radius 1 is 1.00 bits per heavy atom. The average molecular weight is 393 g/mol. The lowest BCUT2D eigenvalue weighted by atomic mass is 10.1. The van der Waals surface area contributed by atoms with Crippen LogP contribution in [0.3, 0.4) is 0 Å². The van der Waals surface area contributed by atoms with E-state index in [4.69, 9.17) is 0 Å². The first-order valence-electron chi connectivity index (χ1n) is 9.15. The predicted octanol–water partition coefficient (Wildman–Crippen LogP) is 0.777. The van der Waals surface area contributed by atoms with Gasteiger partial charge in [-0.1, -0.05) is 12.1 Å². The third-order valence-corrected chi connectivity index (χ3v) is 4.87. The standard InChI is InChI=1S/C20H19N5O4/c1-24-16-13(19(28)25(2)20(24)29)9-10-15(22-16)18(27)23-14-6-4-3-5-12(14)17(26)21-11-7-8-11/h3-6,9-11H,7-8H2,1-2H3,(H,21,26)(H,23,27). The highest BCUT2D eigenvalue weighted by molar-refractivity contribution is 6.08. The van der Waals surface area contributed by atoms with E-state index in [2.05, 4.69) is 15.6 Å². The molecule has 2 aromatic heterocycles. The molecule has 1 saturated carbocycles. The fraction of sp³-hybridized carbons (Fsp3) is 0.250. The lowest BCUT2D eigenvalue weighted by Crippen LogP contribution is -2.37. The first-order chi connectivity index (χ1) is 13.9. The van der Waals surface area contributed by atoms with Crippen LogP contribution in [-0.2, 0) is 14.1 Å². The van der Waals surface area contributed by atoms with Crippen LogP contribution in [0, 0.1) is 0 Å². The highest BCUT2D eigenvalue weighted by atomic mass is 16.2. The van der Waals surface area contributed by atoms with Crippen LogP contribution in [0.2, 0.25) is 0 Å². The number of hydrogen-bond donors (Lipinski definition) is 2. The van der Waals surface area contributed by atoms with Crippen LogP contribution in [0.15, 0.2) is 46.0 Å². The fourth-order valence-corrected chi connectivity index (χ4v) is 3.05. The molecule has 148 valence electrons. The summed E-state index contributed by atoms with van der Waals surface area (Å²) in [6, 6.07) is 9.77. The summed E-state index contributed by atoms with van der Waals surface area (Å²) >= 11 is 0. The van der Waals surface area contributed by atoms with Gasteiger partial charge in [-0.05, 0) is 37.1 Å². The van der Waals surface area contributed by atoms with Crippen LogP contribution in [-0.4, -0.2) is 32.0 Å². The number of nitrogens with zero attached hydrogens (tertiary/aromatic N) is 3. The lowest BCUT2D eigenvalue weighted by Gasteiger charge is -2.12. The molecule has 0 bridgehead atoms. The molecule has 0 spiro atoms. The molecule has 2 amide bonds. The van der Waals surface area contributed by atoms with Gasteiger partial charge in [-0.2, -0.15) is 0 Å². The molecule has 0 unspecified atom stereocenters. The summed E-state index contributed by atoms with van der Waals surface area (Å²) in [5.41, 5.74) is -0.159. The zero-order valence-corrected chi connectivity index (χ0v) is 15.9. The Kier molecular flexibility index (Phi) is 4.50. The quantitative estimate of drug-likeness (QED) is 0.680. The topological polar surface area (TPSA) is 115 Å². The van der Waals surface area contributed by atoms with Crippen molar-refractivity contribution in [1.82, 2.24) is 19.4 Å². The van der Waals surface area contributed by atoms with Crippen molar-refractivity contribution in [2.24, 2.45) is 14.1 Å². The summed E-state index contributed by atoms with van der Waals surface area (Å²) in [5, 5.41) is 5.82. The van der Waals surface area contributed by atoms with E-state index in [-0.39, 0.29) is 28.7 Å². The van der Waals surface area contributed by atoms with Crippen LogP contribution in [0.25, 0.3) is 11.0 Å². The molecule has 1 aliphatic carbocycles. The van der Waals surface area contributed by atoms with E-state index in [1.165, 1.54) is 30.8 Å². The van der Waals surface area contributed by atoms with Gasteiger partial charge in [0, 0.05) is 20.1 Å².